The van der Waals surface area contributed by atoms with Gasteiger partial charge in [0, 0.05) is 17.7 Å². The van der Waals surface area contributed by atoms with E-state index in [4.69, 9.17) is 0 Å². The number of hydrogen-bond acceptors (Lipinski definition) is 4. The van der Waals surface area contributed by atoms with E-state index in [0.29, 0.717) is 28.5 Å². The molecule has 7 nitrogen and oxygen atoms in total. The van der Waals surface area contributed by atoms with Gasteiger partial charge < -0.3 is 15.2 Å². The molecular formula is C18H20N4O3. The largest absolute Gasteiger partial charge is 0.323 e. The SMILES string of the molecule is Cc1ccc2c(c1)NC(=O)CN2C(=O)CCc1c(C)nc(C)[nH]c1=O. The van der Waals surface area contributed by atoms with Crippen LogP contribution in [0.15, 0.2) is 23.0 Å². The van der Waals surface area contributed by atoms with Crippen molar-refractivity contribution in [3.63, 3.8) is 0 Å². The van der Waals surface area contributed by atoms with E-state index in [1.54, 1.807) is 13.8 Å². The Morgan fingerprint density at radius 1 is 1.24 bits per heavy atom. The summed E-state index contributed by atoms with van der Waals surface area (Å²) in [6.07, 6.45) is 0.419. The molecule has 7 heteroatoms. The van der Waals surface area contributed by atoms with Gasteiger partial charge >= 0.3 is 0 Å². The molecule has 2 amide bonds. The van der Waals surface area contributed by atoms with E-state index in [-0.39, 0.29) is 36.8 Å². The first kappa shape index (κ1) is 16.9. The summed E-state index contributed by atoms with van der Waals surface area (Å²) in [5.41, 5.74) is 3.23. The number of hydrogen-bond donors (Lipinski definition) is 2. The molecule has 3 rings (SSSR count). The van der Waals surface area contributed by atoms with Crippen molar-refractivity contribution in [3.8, 4) is 0 Å². The number of amides is 2. The first-order chi connectivity index (χ1) is 11.8. The third kappa shape index (κ3) is 3.45. The fourth-order valence-electron chi connectivity index (χ4n) is 3.04. The van der Waals surface area contributed by atoms with Crippen LogP contribution in [0.3, 0.4) is 0 Å². The molecule has 2 aromatic rings. The van der Waals surface area contributed by atoms with Gasteiger partial charge in [0.2, 0.25) is 11.8 Å². The standard InChI is InChI=1S/C18H20N4O3/c1-10-4-6-15-14(8-10)21-16(23)9-22(15)17(24)7-5-13-11(2)19-12(3)20-18(13)25/h4,6,8H,5,7,9H2,1-3H3,(H,21,23)(H,19,20,25). The number of carbonyl (C=O) groups is 2. The lowest BCUT2D eigenvalue weighted by molar-refractivity contribution is -0.121. The Balaban J connectivity index is 1.81. The highest BCUT2D eigenvalue weighted by atomic mass is 16.2. The minimum Gasteiger partial charge on any atom is -0.323 e. The molecule has 0 saturated carbocycles. The molecule has 1 aliphatic heterocycles. The minimum atomic E-state index is -0.225. The number of carbonyl (C=O) groups excluding carboxylic acids is 2. The number of H-pyrrole nitrogens is 1. The van der Waals surface area contributed by atoms with E-state index < -0.39 is 0 Å². The highest BCUT2D eigenvalue weighted by molar-refractivity contribution is 6.10. The summed E-state index contributed by atoms with van der Waals surface area (Å²) in [7, 11) is 0. The van der Waals surface area contributed by atoms with Crippen LogP contribution in [0.2, 0.25) is 0 Å². The second-order valence-corrected chi connectivity index (χ2v) is 6.26. The highest BCUT2D eigenvalue weighted by Crippen LogP contribution is 2.30. The number of nitrogens with zero attached hydrogens (tertiary/aromatic N) is 2. The van der Waals surface area contributed by atoms with E-state index >= 15 is 0 Å². The molecule has 0 spiro atoms. The number of aromatic nitrogens is 2. The van der Waals surface area contributed by atoms with Crippen molar-refractivity contribution in [2.24, 2.45) is 0 Å². The molecule has 0 atom stereocenters. The average molecular weight is 340 g/mol. The van der Waals surface area contributed by atoms with Gasteiger partial charge in [-0.1, -0.05) is 6.07 Å². The Morgan fingerprint density at radius 2 is 2.00 bits per heavy atom. The van der Waals surface area contributed by atoms with Crippen LogP contribution in [-0.4, -0.2) is 28.3 Å². The second kappa shape index (κ2) is 6.51. The second-order valence-electron chi connectivity index (χ2n) is 6.26. The van der Waals surface area contributed by atoms with Gasteiger partial charge in [-0.05, 0) is 44.9 Å². The van der Waals surface area contributed by atoms with Crippen molar-refractivity contribution in [2.45, 2.75) is 33.6 Å². The maximum absolute atomic E-state index is 12.7. The zero-order valence-corrected chi connectivity index (χ0v) is 14.5. The van der Waals surface area contributed by atoms with Crippen LogP contribution in [0.1, 0.15) is 29.1 Å². The molecule has 130 valence electrons. The van der Waals surface area contributed by atoms with Gasteiger partial charge in [-0.2, -0.15) is 0 Å². The fraction of sp³-hybridized carbons (Fsp3) is 0.333. The van der Waals surface area contributed by atoms with E-state index in [1.165, 1.54) is 4.90 Å². The number of nitrogens with one attached hydrogen (secondary N) is 2. The van der Waals surface area contributed by atoms with Crippen LogP contribution >= 0.6 is 0 Å². The van der Waals surface area contributed by atoms with Crippen LogP contribution in [0.25, 0.3) is 0 Å². The number of benzene rings is 1. The van der Waals surface area contributed by atoms with Crippen molar-refractivity contribution in [2.75, 3.05) is 16.8 Å². The lowest BCUT2D eigenvalue weighted by atomic mass is 10.1. The number of aromatic amines is 1. The Hall–Kier alpha value is -2.96. The van der Waals surface area contributed by atoms with Crippen molar-refractivity contribution in [3.05, 3.63) is 51.2 Å². The van der Waals surface area contributed by atoms with Crippen LogP contribution in [0.5, 0.6) is 0 Å². The molecule has 0 radical (unpaired) electrons. The van der Waals surface area contributed by atoms with Gasteiger partial charge in [0.1, 0.15) is 12.4 Å². The first-order valence-corrected chi connectivity index (χ1v) is 8.12. The minimum absolute atomic E-state index is 0.0175. The van der Waals surface area contributed by atoms with Crippen molar-refractivity contribution in [1.82, 2.24) is 9.97 Å². The molecular weight excluding hydrogens is 320 g/mol. The molecule has 1 aliphatic rings. The number of fused-ring (bicyclic) bond motifs is 1. The molecule has 2 heterocycles. The topological polar surface area (TPSA) is 95.2 Å². The highest BCUT2D eigenvalue weighted by Gasteiger charge is 2.26. The smallest absolute Gasteiger partial charge is 0.254 e. The summed E-state index contributed by atoms with van der Waals surface area (Å²) in [5.74, 6) is 0.131. The van der Waals surface area contributed by atoms with Crippen LogP contribution < -0.4 is 15.8 Å². The zero-order valence-electron chi connectivity index (χ0n) is 14.5. The van der Waals surface area contributed by atoms with Gasteiger partial charge in [0.15, 0.2) is 0 Å². The molecule has 1 aromatic heterocycles. The molecule has 0 bridgehead atoms. The monoisotopic (exact) mass is 340 g/mol. The summed E-state index contributed by atoms with van der Waals surface area (Å²) < 4.78 is 0. The Bertz CT molecular complexity index is 917. The molecule has 0 fully saturated rings. The van der Waals surface area contributed by atoms with Crippen molar-refractivity contribution in [1.29, 1.82) is 0 Å². The van der Waals surface area contributed by atoms with E-state index in [2.05, 4.69) is 15.3 Å². The Kier molecular flexibility index (Phi) is 4.39. The number of rotatable bonds is 3. The number of aryl methyl sites for hydroxylation is 3. The molecule has 25 heavy (non-hydrogen) atoms. The fourth-order valence-corrected chi connectivity index (χ4v) is 3.04. The van der Waals surface area contributed by atoms with Crippen molar-refractivity contribution < 1.29 is 9.59 Å². The summed E-state index contributed by atoms with van der Waals surface area (Å²) in [6, 6.07) is 5.56. The predicted molar refractivity (Wildman–Crippen MR) is 94.8 cm³/mol. The first-order valence-electron chi connectivity index (χ1n) is 8.12. The van der Waals surface area contributed by atoms with Gasteiger partial charge in [-0.3, -0.25) is 14.4 Å². The molecule has 2 N–H and O–H groups in total. The Labute approximate surface area is 145 Å². The van der Waals surface area contributed by atoms with Gasteiger partial charge in [0.25, 0.3) is 5.56 Å². The molecule has 0 aliphatic carbocycles. The summed E-state index contributed by atoms with van der Waals surface area (Å²) in [5, 5.41) is 2.79. The maximum atomic E-state index is 12.7. The van der Waals surface area contributed by atoms with Gasteiger partial charge in [-0.25, -0.2) is 4.98 Å². The average Bonchev–Trinajstić information content (AvgIpc) is 2.52. The van der Waals surface area contributed by atoms with Crippen LogP contribution in [0, 0.1) is 20.8 Å². The summed E-state index contributed by atoms with van der Waals surface area (Å²) >= 11 is 0. The van der Waals surface area contributed by atoms with Crippen LogP contribution in [-0.2, 0) is 16.0 Å². The third-order valence-corrected chi connectivity index (χ3v) is 4.25. The van der Waals surface area contributed by atoms with Crippen LogP contribution in [0.4, 0.5) is 11.4 Å². The van der Waals surface area contributed by atoms with E-state index in [9.17, 15) is 14.4 Å². The number of anilines is 2. The molecule has 0 unspecified atom stereocenters. The molecule has 0 saturated heterocycles. The molecule has 1 aromatic carbocycles. The normalized spacial score (nSPS) is 13.4. The summed E-state index contributed by atoms with van der Waals surface area (Å²) in [6.45, 7) is 5.38. The van der Waals surface area contributed by atoms with Crippen molar-refractivity contribution >= 4 is 23.2 Å². The predicted octanol–water partition coefficient (Wildman–Crippen LogP) is 1.61. The van der Waals surface area contributed by atoms with Gasteiger partial charge in [-0.15, -0.1) is 0 Å². The summed E-state index contributed by atoms with van der Waals surface area (Å²) in [4.78, 5) is 45.0. The third-order valence-electron chi connectivity index (χ3n) is 4.25. The lowest BCUT2D eigenvalue weighted by Crippen LogP contribution is -2.42. The maximum Gasteiger partial charge on any atom is 0.254 e. The van der Waals surface area contributed by atoms with E-state index in [0.717, 1.165) is 5.56 Å². The van der Waals surface area contributed by atoms with E-state index in [1.807, 2.05) is 25.1 Å². The quantitative estimate of drug-likeness (QED) is 0.887. The zero-order chi connectivity index (χ0) is 18.1. The Morgan fingerprint density at radius 3 is 2.72 bits per heavy atom. The lowest BCUT2D eigenvalue weighted by Gasteiger charge is -2.29. The van der Waals surface area contributed by atoms with Gasteiger partial charge in [0.05, 0.1) is 11.4 Å².